The van der Waals surface area contributed by atoms with Crippen LogP contribution in [0.3, 0.4) is 0 Å². The molecule has 0 atom stereocenters. The van der Waals surface area contributed by atoms with Crippen LogP contribution in [0.1, 0.15) is 23.2 Å². The van der Waals surface area contributed by atoms with Crippen molar-refractivity contribution in [2.45, 2.75) is 18.4 Å². The average Bonchev–Trinajstić information content (AvgIpc) is 2.47. The molecule has 0 spiro atoms. The van der Waals surface area contributed by atoms with E-state index in [0.29, 0.717) is 26.1 Å². The van der Waals surface area contributed by atoms with Crippen molar-refractivity contribution in [1.82, 2.24) is 5.32 Å². The zero-order valence-electron chi connectivity index (χ0n) is 11.3. The molecule has 0 bridgehead atoms. The third-order valence-electron chi connectivity index (χ3n) is 3.55. The topological polar surface area (TPSA) is 67.8 Å². The molecular formula is C14H18FNO4. The van der Waals surface area contributed by atoms with E-state index < -0.39 is 17.3 Å². The average molecular weight is 283 g/mol. The number of methoxy groups -OCH3 is 1. The van der Waals surface area contributed by atoms with Crippen LogP contribution in [-0.2, 0) is 4.74 Å². The number of rotatable bonds is 4. The number of amides is 1. The summed E-state index contributed by atoms with van der Waals surface area (Å²) in [5.74, 6) is -1.07. The third-order valence-corrected chi connectivity index (χ3v) is 3.55. The van der Waals surface area contributed by atoms with E-state index in [0.717, 1.165) is 0 Å². The quantitative estimate of drug-likeness (QED) is 0.868. The van der Waals surface area contributed by atoms with Gasteiger partial charge in [-0.15, -0.1) is 0 Å². The number of hydrogen-bond donors (Lipinski definition) is 2. The highest BCUT2D eigenvalue weighted by Crippen LogP contribution is 2.25. The van der Waals surface area contributed by atoms with Gasteiger partial charge in [0.05, 0.1) is 19.3 Å². The zero-order chi connectivity index (χ0) is 14.6. The summed E-state index contributed by atoms with van der Waals surface area (Å²) in [7, 11) is 1.38. The minimum Gasteiger partial charge on any atom is -0.496 e. The van der Waals surface area contributed by atoms with Crippen LogP contribution in [0.5, 0.6) is 5.75 Å². The van der Waals surface area contributed by atoms with Crippen LogP contribution < -0.4 is 10.1 Å². The van der Waals surface area contributed by atoms with Crippen LogP contribution in [0.4, 0.5) is 4.39 Å². The molecule has 1 aliphatic heterocycles. The molecule has 2 rings (SSSR count). The van der Waals surface area contributed by atoms with Gasteiger partial charge in [-0.25, -0.2) is 4.39 Å². The summed E-state index contributed by atoms with van der Waals surface area (Å²) in [5.41, 5.74) is -0.905. The molecule has 0 unspecified atom stereocenters. The van der Waals surface area contributed by atoms with E-state index in [1.165, 1.54) is 25.3 Å². The molecule has 2 N–H and O–H groups in total. The van der Waals surface area contributed by atoms with E-state index in [9.17, 15) is 14.3 Å². The van der Waals surface area contributed by atoms with Gasteiger partial charge in [0.2, 0.25) is 0 Å². The van der Waals surface area contributed by atoms with Gasteiger partial charge in [0.25, 0.3) is 5.91 Å². The number of carbonyl (C=O) groups excluding carboxylic acids is 1. The van der Waals surface area contributed by atoms with E-state index in [2.05, 4.69) is 5.32 Å². The SMILES string of the molecule is COc1cccc(F)c1C(=O)NC1(CO)CCOCC1. The van der Waals surface area contributed by atoms with E-state index in [1.54, 1.807) is 0 Å². The summed E-state index contributed by atoms with van der Waals surface area (Å²) in [6.07, 6.45) is 0.984. The number of aliphatic hydroxyl groups is 1. The summed E-state index contributed by atoms with van der Waals surface area (Å²) < 4.78 is 24.1. The van der Waals surface area contributed by atoms with E-state index in [4.69, 9.17) is 9.47 Å². The Morgan fingerprint density at radius 1 is 1.50 bits per heavy atom. The summed E-state index contributed by atoms with van der Waals surface area (Å²) in [6.45, 7) is 0.698. The first kappa shape index (κ1) is 14.7. The highest BCUT2D eigenvalue weighted by atomic mass is 19.1. The van der Waals surface area contributed by atoms with Gasteiger partial charge in [-0.3, -0.25) is 4.79 Å². The summed E-state index contributed by atoms with van der Waals surface area (Å²) >= 11 is 0. The molecule has 5 nitrogen and oxygen atoms in total. The second-order valence-electron chi connectivity index (χ2n) is 4.82. The Hall–Kier alpha value is -1.66. The lowest BCUT2D eigenvalue weighted by Crippen LogP contribution is -2.54. The van der Waals surface area contributed by atoms with Crippen LogP contribution in [0.15, 0.2) is 18.2 Å². The van der Waals surface area contributed by atoms with Crippen molar-refractivity contribution in [3.05, 3.63) is 29.6 Å². The molecule has 20 heavy (non-hydrogen) atoms. The van der Waals surface area contributed by atoms with Crippen molar-refractivity contribution < 1.29 is 23.8 Å². The second-order valence-corrected chi connectivity index (χ2v) is 4.82. The number of benzene rings is 1. The maximum Gasteiger partial charge on any atom is 0.258 e. The molecule has 0 aromatic heterocycles. The second kappa shape index (κ2) is 6.19. The molecule has 1 aliphatic rings. The van der Waals surface area contributed by atoms with E-state index in [-0.39, 0.29) is 17.9 Å². The largest absolute Gasteiger partial charge is 0.496 e. The molecule has 1 aromatic carbocycles. The number of aliphatic hydroxyl groups excluding tert-OH is 1. The highest BCUT2D eigenvalue weighted by molar-refractivity contribution is 5.97. The lowest BCUT2D eigenvalue weighted by molar-refractivity contribution is 0.0124. The number of hydrogen-bond acceptors (Lipinski definition) is 4. The number of ether oxygens (including phenoxy) is 2. The van der Waals surface area contributed by atoms with Gasteiger partial charge in [-0.05, 0) is 25.0 Å². The zero-order valence-corrected chi connectivity index (χ0v) is 11.3. The fraction of sp³-hybridized carbons (Fsp3) is 0.500. The Balaban J connectivity index is 2.23. The fourth-order valence-electron chi connectivity index (χ4n) is 2.28. The molecule has 1 saturated heterocycles. The van der Waals surface area contributed by atoms with Crippen molar-refractivity contribution in [2.24, 2.45) is 0 Å². The predicted octanol–water partition coefficient (Wildman–Crippen LogP) is 1.11. The fourth-order valence-corrected chi connectivity index (χ4v) is 2.28. The first-order chi connectivity index (χ1) is 9.62. The van der Waals surface area contributed by atoms with E-state index >= 15 is 0 Å². The maximum atomic E-state index is 13.8. The van der Waals surface area contributed by atoms with E-state index in [1.807, 2.05) is 0 Å². The van der Waals surface area contributed by atoms with Gasteiger partial charge in [0.1, 0.15) is 17.1 Å². The van der Waals surface area contributed by atoms with Gasteiger partial charge in [-0.2, -0.15) is 0 Å². The predicted molar refractivity (Wildman–Crippen MR) is 70.3 cm³/mol. The van der Waals surface area contributed by atoms with Crippen molar-refractivity contribution in [3.63, 3.8) is 0 Å². The molecule has 1 fully saturated rings. The lowest BCUT2D eigenvalue weighted by Gasteiger charge is -2.36. The highest BCUT2D eigenvalue weighted by Gasteiger charge is 2.35. The van der Waals surface area contributed by atoms with Gasteiger partial charge in [0, 0.05) is 13.2 Å². The molecule has 1 amide bonds. The van der Waals surface area contributed by atoms with Crippen LogP contribution in [-0.4, -0.2) is 43.5 Å². The normalized spacial score (nSPS) is 17.6. The summed E-state index contributed by atoms with van der Waals surface area (Å²) in [4.78, 5) is 12.3. The standard InChI is InChI=1S/C14H18FNO4/c1-19-11-4-2-3-10(15)12(11)13(18)16-14(9-17)5-7-20-8-6-14/h2-4,17H,5-9H2,1H3,(H,16,18). The maximum absolute atomic E-state index is 13.8. The van der Waals surface area contributed by atoms with Crippen LogP contribution in [0, 0.1) is 5.82 Å². The number of halogens is 1. The van der Waals surface area contributed by atoms with Gasteiger partial charge < -0.3 is 19.9 Å². The van der Waals surface area contributed by atoms with Crippen molar-refractivity contribution >= 4 is 5.91 Å². The smallest absolute Gasteiger partial charge is 0.258 e. The molecular weight excluding hydrogens is 265 g/mol. The van der Waals surface area contributed by atoms with Gasteiger partial charge in [0.15, 0.2) is 0 Å². The Morgan fingerprint density at radius 3 is 2.80 bits per heavy atom. The Labute approximate surface area is 116 Å². The Bertz CT molecular complexity index is 486. The molecule has 0 saturated carbocycles. The van der Waals surface area contributed by atoms with Gasteiger partial charge >= 0.3 is 0 Å². The molecule has 0 aliphatic carbocycles. The van der Waals surface area contributed by atoms with Crippen molar-refractivity contribution in [2.75, 3.05) is 26.9 Å². The minimum atomic E-state index is -0.761. The third kappa shape index (κ3) is 2.91. The summed E-state index contributed by atoms with van der Waals surface area (Å²) in [5, 5.41) is 12.3. The number of carbonyl (C=O) groups is 1. The van der Waals surface area contributed by atoms with Crippen LogP contribution >= 0.6 is 0 Å². The molecule has 0 radical (unpaired) electrons. The Kier molecular flexibility index (Phi) is 4.57. The summed E-state index contributed by atoms with van der Waals surface area (Å²) in [6, 6.07) is 4.20. The van der Waals surface area contributed by atoms with Crippen molar-refractivity contribution in [3.8, 4) is 5.75 Å². The first-order valence-corrected chi connectivity index (χ1v) is 6.45. The van der Waals surface area contributed by atoms with Crippen molar-refractivity contribution in [1.29, 1.82) is 0 Å². The molecule has 6 heteroatoms. The number of nitrogens with one attached hydrogen (secondary N) is 1. The lowest BCUT2D eigenvalue weighted by atomic mass is 9.90. The van der Waals surface area contributed by atoms with Crippen LogP contribution in [0.2, 0.25) is 0 Å². The van der Waals surface area contributed by atoms with Crippen LogP contribution in [0.25, 0.3) is 0 Å². The van der Waals surface area contributed by atoms with Gasteiger partial charge in [-0.1, -0.05) is 6.07 Å². The molecule has 1 heterocycles. The molecule has 110 valence electrons. The first-order valence-electron chi connectivity index (χ1n) is 6.45. The monoisotopic (exact) mass is 283 g/mol. The Morgan fingerprint density at radius 2 is 2.20 bits per heavy atom. The minimum absolute atomic E-state index is 0.144. The molecule has 1 aromatic rings.